The Labute approximate surface area is 109 Å². The van der Waals surface area contributed by atoms with Crippen molar-refractivity contribution in [2.24, 2.45) is 4.99 Å². The van der Waals surface area contributed by atoms with E-state index in [0.29, 0.717) is 0 Å². The maximum atomic E-state index is 13.8. The number of nitrogens with zero attached hydrogens (tertiary/aromatic N) is 2. The third kappa shape index (κ3) is 1.70. The van der Waals surface area contributed by atoms with E-state index in [9.17, 15) is 4.39 Å². The number of allylic oxidation sites excluding steroid dienone is 1. The van der Waals surface area contributed by atoms with Crippen molar-refractivity contribution in [1.82, 2.24) is 4.90 Å². The summed E-state index contributed by atoms with van der Waals surface area (Å²) in [5.41, 5.74) is 1.95. The van der Waals surface area contributed by atoms with Gasteiger partial charge in [-0.1, -0.05) is 11.8 Å². The number of halogens is 1. The van der Waals surface area contributed by atoms with E-state index in [-0.39, 0.29) is 11.6 Å². The standard InChI is InChI=1S/C13H13FN2OS/c1-8-12(16-6-5-15-13(16)18-8)9-3-4-11(17-2)10(14)7-9/h3-4,7H,5-6H2,1-2H3. The highest BCUT2D eigenvalue weighted by Crippen LogP contribution is 2.41. The Morgan fingerprint density at radius 3 is 3.00 bits per heavy atom. The van der Waals surface area contributed by atoms with E-state index in [4.69, 9.17) is 4.74 Å². The number of fused-ring (bicyclic) bond motifs is 1. The zero-order valence-electron chi connectivity index (χ0n) is 10.2. The fraction of sp³-hybridized carbons (Fsp3) is 0.308. The van der Waals surface area contributed by atoms with Gasteiger partial charge in [0, 0.05) is 17.0 Å². The Morgan fingerprint density at radius 1 is 1.44 bits per heavy atom. The van der Waals surface area contributed by atoms with Gasteiger partial charge in [0.2, 0.25) is 0 Å². The maximum Gasteiger partial charge on any atom is 0.168 e. The molecular weight excluding hydrogens is 251 g/mol. The smallest absolute Gasteiger partial charge is 0.168 e. The molecule has 0 saturated heterocycles. The van der Waals surface area contributed by atoms with Gasteiger partial charge < -0.3 is 9.64 Å². The zero-order valence-corrected chi connectivity index (χ0v) is 11.1. The molecule has 2 aliphatic heterocycles. The van der Waals surface area contributed by atoms with E-state index < -0.39 is 0 Å². The highest BCUT2D eigenvalue weighted by Gasteiger charge is 2.31. The van der Waals surface area contributed by atoms with Crippen molar-refractivity contribution in [3.8, 4) is 5.75 Å². The summed E-state index contributed by atoms with van der Waals surface area (Å²) in [5, 5.41) is 1.03. The minimum atomic E-state index is -0.329. The largest absolute Gasteiger partial charge is 0.494 e. The van der Waals surface area contributed by atoms with Gasteiger partial charge in [-0.2, -0.15) is 0 Å². The van der Waals surface area contributed by atoms with Gasteiger partial charge in [0.05, 0.1) is 19.4 Å². The molecule has 0 amide bonds. The monoisotopic (exact) mass is 264 g/mol. The number of thioether (sulfide) groups is 1. The number of amidine groups is 1. The summed E-state index contributed by atoms with van der Waals surface area (Å²) < 4.78 is 18.7. The first-order valence-electron chi connectivity index (χ1n) is 5.75. The molecule has 1 aromatic carbocycles. The van der Waals surface area contributed by atoms with Gasteiger partial charge in [0.1, 0.15) is 0 Å². The van der Waals surface area contributed by atoms with Crippen molar-refractivity contribution in [2.75, 3.05) is 20.2 Å². The third-order valence-electron chi connectivity index (χ3n) is 3.07. The van der Waals surface area contributed by atoms with Gasteiger partial charge in [0.15, 0.2) is 16.7 Å². The molecule has 5 heteroatoms. The summed E-state index contributed by atoms with van der Waals surface area (Å²) in [4.78, 5) is 7.74. The Hall–Kier alpha value is -1.49. The lowest BCUT2D eigenvalue weighted by Gasteiger charge is -2.17. The Kier molecular flexibility index (Phi) is 2.78. The molecule has 2 aliphatic rings. The summed E-state index contributed by atoms with van der Waals surface area (Å²) in [7, 11) is 1.47. The number of ether oxygens (including phenoxy) is 1. The molecule has 0 atom stereocenters. The van der Waals surface area contributed by atoms with Gasteiger partial charge in [-0.25, -0.2) is 4.39 Å². The minimum absolute atomic E-state index is 0.276. The highest BCUT2D eigenvalue weighted by atomic mass is 32.2. The molecule has 3 rings (SSSR count). The zero-order chi connectivity index (χ0) is 12.7. The van der Waals surface area contributed by atoms with E-state index in [1.165, 1.54) is 13.2 Å². The first kappa shape index (κ1) is 11.6. The molecule has 0 radical (unpaired) electrons. The summed E-state index contributed by atoms with van der Waals surface area (Å²) in [6.45, 7) is 3.74. The second-order valence-electron chi connectivity index (χ2n) is 4.17. The molecule has 18 heavy (non-hydrogen) atoms. The topological polar surface area (TPSA) is 24.8 Å². The Balaban J connectivity index is 2.02. The van der Waals surface area contributed by atoms with Crippen molar-refractivity contribution in [3.63, 3.8) is 0 Å². The van der Waals surface area contributed by atoms with E-state index >= 15 is 0 Å². The molecule has 0 N–H and O–H groups in total. The average molecular weight is 264 g/mol. The van der Waals surface area contributed by atoms with Crippen LogP contribution in [0.15, 0.2) is 28.1 Å². The molecule has 94 valence electrons. The predicted molar refractivity (Wildman–Crippen MR) is 72.1 cm³/mol. The average Bonchev–Trinajstić information content (AvgIpc) is 2.88. The van der Waals surface area contributed by atoms with Crippen LogP contribution in [0.3, 0.4) is 0 Å². The lowest BCUT2D eigenvalue weighted by atomic mass is 10.1. The van der Waals surface area contributed by atoms with Crippen molar-refractivity contribution in [2.45, 2.75) is 6.92 Å². The fourth-order valence-corrected chi connectivity index (χ4v) is 3.32. The Bertz CT molecular complexity index is 568. The molecule has 0 bridgehead atoms. The molecule has 1 aromatic rings. The minimum Gasteiger partial charge on any atom is -0.494 e. The van der Waals surface area contributed by atoms with Crippen molar-refractivity contribution in [3.05, 3.63) is 34.5 Å². The number of aliphatic imine (C=N–C) groups is 1. The van der Waals surface area contributed by atoms with Gasteiger partial charge in [-0.05, 0) is 25.1 Å². The van der Waals surface area contributed by atoms with Crippen LogP contribution in [0.1, 0.15) is 12.5 Å². The highest BCUT2D eigenvalue weighted by molar-refractivity contribution is 8.17. The number of hydrogen-bond donors (Lipinski definition) is 0. The van der Waals surface area contributed by atoms with Crippen LogP contribution < -0.4 is 4.74 Å². The van der Waals surface area contributed by atoms with E-state index in [1.54, 1.807) is 17.8 Å². The molecule has 0 aliphatic carbocycles. The van der Waals surface area contributed by atoms with Crippen LogP contribution in [-0.2, 0) is 0 Å². The van der Waals surface area contributed by atoms with Gasteiger partial charge in [-0.15, -0.1) is 0 Å². The first-order valence-corrected chi connectivity index (χ1v) is 6.57. The molecule has 3 nitrogen and oxygen atoms in total. The summed E-state index contributed by atoms with van der Waals surface area (Å²) in [6, 6.07) is 5.09. The molecule has 0 spiro atoms. The number of methoxy groups -OCH3 is 1. The maximum absolute atomic E-state index is 13.8. The van der Waals surface area contributed by atoms with Crippen LogP contribution in [0.4, 0.5) is 4.39 Å². The molecule has 0 saturated carbocycles. The van der Waals surface area contributed by atoms with E-state index in [1.807, 2.05) is 13.0 Å². The lowest BCUT2D eigenvalue weighted by molar-refractivity contribution is 0.386. The molecule has 0 aromatic heterocycles. The van der Waals surface area contributed by atoms with Gasteiger partial charge in [-0.3, -0.25) is 4.99 Å². The number of hydrogen-bond acceptors (Lipinski definition) is 4. The molecule has 0 fully saturated rings. The second-order valence-corrected chi connectivity index (χ2v) is 5.35. The van der Waals surface area contributed by atoms with Crippen molar-refractivity contribution >= 4 is 22.6 Å². The molecule has 2 heterocycles. The van der Waals surface area contributed by atoms with Crippen LogP contribution in [-0.4, -0.2) is 30.3 Å². The van der Waals surface area contributed by atoms with Gasteiger partial charge >= 0.3 is 0 Å². The quantitative estimate of drug-likeness (QED) is 0.821. The van der Waals surface area contributed by atoms with Crippen LogP contribution >= 0.6 is 11.8 Å². The van der Waals surface area contributed by atoms with Crippen LogP contribution in [0.25, 0.3) is 5.70 Å². The van der Waals surface area contributed by atoms with Crippen molar-refractivity contribution < 1.29 is 9.13 Å². The van der Waals surface area contributed by atoms with E-state index in [2.05, 4.69) is 9.89 Å². The second kappa shape index (κ2) is 4.31. The Morgan fingerprint density at radius 2 is 2.28 bits per heavy atom. The molecular formula is C13H13FN2OS. The lowest BCUT2D eigenvalue weighted by Crippen LogP contribution is -2.20. The SMILES string of the molecule is COc1ccc(C2=C(C)SC3=NCCN32)cc1F. The van der Waals surface area contributed by atoms with Crippen LogP contribution in [0.5, 0.6) is 5.75 Å². The number of rotatable bonds is 2. The summed E-state index contributed by atoms with van der Waals surface area (Å²) >= 11 is 1.66. The molecule has 0 unspecified atom stereocenters. The van der Waals surface area contributed by atoms with Crippen LogP contribution in [0, 0.1) is 5.82 Å². The van der Waals surface area contributed by atoms with E-state index in [0.717, 1.165) is 34.4 Å². The summed E-state index contributed by atoms with van der Waals surface area (Å²) in [5.74, 6) is -0.0529. The summed E-state index contributed by atoms with van der Waals surface area (Å²) in [6.07, 6.45) is 0. The number of benzene rings is 1. The first-order chi connectivity index (χ1) is 8.70. The predicted octanol–water partition coefficient (Wildman–Crippen LogP) is 2.94. The third-order valence-corrected chi connectivity index (χ3v) is 4.11. The van der Waals surface area contributed by atoms with Crippen LogP contribution in [0.2, 0.25) is 0 Å². The fourth-order valence-electron chi connectivity index (χ4n) is 2.27. The van der Waals surface area contributed by atoms with Crippen molar-refractivity contribution in [1.29, 1.82) is 0 Å². The normalized spacial score (nSPS) is 18.2. The van der Waals surface area contributed by atoms with Gasteiger partial charge in [0.25, 0.3) is 0 Å².